The van der Waals surface area contributed by atoms with Crippen molar-refractivity contribution in [2.24, 2.45) is 0 Å². The lowest BCUT2D eigenvalue weighted by Gasteiger charge is -2.07. The maximum Gasteiger partial charge on any atom is 0.247 e. The molecule has 0 aliphatic rings. The maximum absolute atomic E-state index is 11.2. The summed E-state index contributed by atoms with van der Waals surface area (Å²) in [7, 11) is 0. The van der Waals surface area contributed by atoms with E-state index in [1.54, 1.807) is 16.9 Å². The molecule has 0 bridgehead atoms. The Morgan fingerprint density at radius 3 is 2.62 bits per heavy atom. The van der Waals surface area contributed by atoms with Crippen molar-refractivity contribution < 1.29 is 0 Å². The van der Waals surface area contributed by atoms with Gasteiger partial charge in [-0.25, -0.2) is 14.6 Å². The number of rotatable bonds is 5. The van der Waals surface area contributed by atoms with Crippen LogP contribution < -0.4 is 10.9 Å². The second-order valence-corrected chi connectivity index (χ2v) is 5.79. The molecule has 4 rings (SSSR count). The fourth-order valence-corrected chi connectivity index (χ4v) is 2.72. The van der Waals surface area contributed by atoms with Crippen molar-refractivity contribution in [1.29, 1.82) is 0 Å². The van der Waals surface area contributed by atoms with Crippen LogP contribution in [0.1, 0.15) is 12.5 Å². The minimum Gasteiger partial charge on any atom is -0.364 e. The molecule has 0 fully saturated rings. The van der Waals surface area contributed by atoms with Gasteiger partial charge < -0.3 is 10.3 Å². The molecule has 2 N–H and O–H groups in total. The van der Waals surface area contributed by atoms with Gasteiger partial charge >= 0.3 is 0 Å². The van der Waals surface area contributed by atoms with Crippen molar-refractivity contribution in [2.75, 3.05) is 5.32 Å². The molecule has 0 radical (unpaired) electrons. The highest BCUT2D eigenvalue weighted by Gasteiger charge is 2.10. The highest BCUT2D eigenvalue weighted by atomic mass is 16.1. The van der Waals surface area contributed by atoms with Gasteiger partial charge in [-0.3, -0.25) is 4.79 Å². The average Bonchev–Trinajstić information content (AvgIpc) is 3.11. The first-order valence-electron chi connectivity index (χ1n) is 8.30. The summed E-state index contributed by atoms with van der Waals surface area (Å²) in [5.41, 5.74) is 4.40. The lowest BCUT2D eigenvalue weighted by atomic mass is 10.1. The van der Waals surface area contributed by atoms with Crippen LogP contribution in [-0.4, -0.2) is 29.9 Å². The van der Waals surface area contributed by atoms with E-state index in [1.165, 1.54) is 12.4 Å². The molecule has 0 aliphatic heterocycles. The summed E-state index contributed by atoms with van der Waals surface area (Å²) < 4.78 is 1.74. The van der Waals surface area contributed by atoms with Gasteiger partial charge in [-0.2, -0.15) is 0 Å². The molecule has 0 saturated heterocycles. The van der Waals surface area contributed by atoms with Gasteiger partial charge in [0.2, 0.25) is 5.56 Å². The molecule has 8 nitrogen and oxygen atoms in total. The number of hydrogen-bond acceptors (Lipinski definition) is 6. The van der Waals surface area contributed by atoms with Crippen LogP contribution in [-0.2, 0) is 13.1 Å². The number of pyridine rings is 1. The quantitative estimate of drug-likeness (QED) is 0.574. The molecule has 0 atom stereocenters. The second-order valence-electron chi connectivity index (χ2n) is 5.79. The lowest BCUT2D eigenvalue weighted by molar-refractivity contribution is 0.641. The number of aromatic amines is 1. The molecule has 0 amide bonds. The Kier molecular flexibility index (Phi) is 4.14. The van der Waals surface area contributed by atoms with E-state index >= 15 is 0 Å². The molecule has 0 saturated carbocycles. The number of nitrogens with zero attached hydrogens (tertiary/aromatic N) is 5. The fourth-order valence-electron chi connectivity index (χ4n) is 2.72. The summed E-state index contributed by atoms with van der Waals surface area (Å²) in [6.07, 6.45) is 3.23. The molecule has 3 heterocycles. The minimum atomic E-state index is -0.106. The summed E-state index contributed by atoms with van der Waals surface area (Å²) in [6, 6.07) is 11.4. The normalized spacial score (nSPS) is 11.0. The predicted molar refractivity (Wildman–Crippen MR) is 98.6 cm³/mol. The number of anilines is 1. The fraction of sp³-hybridized carbons (Fsp3) is 0.167. The van der Waals surface area contributed by atoms with Crippen LogP contribution in [0.25, 0.3) is 22.3 Å². The topological polar surface area (TPSA) is 101 Å². The Labute approximate surface area is 148 Å². The largest absolute Gasteiger partial charge is 0.364 e. The van der Waals surface area contributed by atoms with Gasteiger partial charge in [0.05, 0.1) is 0 Å². The van der Waals surface area contributed by atoms with Crippen LogP contribution in [0.5, 0.6) is 0 Å². The lowest BCUT2D eigenvalue weighted by Crippen LogP contribution is -2.03. The Bertz CT molecular complexity index is 1080. The van der Waals surface area contributed by atoms with Crippen LogP contribution in [0.3, 0.4) is 0 Å². The molecule has 3 aromatic heterocycles. The van der Waals surface area contributed by atoms with E-state index in [0.29, 0.717) is 24.4 Å². The van der Waals surface area contributed by atoms with Gasteiger partial charge in [0.15, 0.2) is 17.0 Å². The molecule has 0 aliphatic carbocycles. The minimum absolute atomic E-state index is 0.106. The van der Waals surface area contributed by atoms with Crippen LogP contribution in [0, 0.1) is 0 Å². The molecular weight excluding hydrogens is 330 g/mol. The molecule has 8 heteroatoms. The highest BCUT2D eigenvalue weighted by Crippen LogP contribution is 2.20. The third-order valence-electron chi connectivity index (χ3n) is 4.13. The zero-order valence-corrected chi connectivity index (χ0v) is 14.2. The number of aromatic nitrogens is 6. The van der Waals surface area contributed by atoms with Gasteiger partial charge in [-0.05, 0) is 29.7 Å². The zero-order chi connectivity index (χ0) is 17.9. The molecule has 130 valence electrons. The monoisotopic (exact) mass is 347 g/mol. The predicted octanol–water partition coefficient (Wildman–Crippen LogP) is 2.21. The molecular formula is C18H17N7O. The van der Waals surface area contributed by atoms with Crippen molar-refractivity contribution in [3.8, 4) is 11.1 Å². The van der Waals surface area contributed by atoms with E-state index in [2.05, 4.69) is 30.6 Å². The Morgan fingerprint density at radius 2 is 1.88 bits per heavy atom. The van der Waals surface area contributed by atoms with Crippen LogP contribution in [0.2, 0.25) is 0 Å². The molecule has 0 unspecified atom stereocenters. The van der Waals surface area contributed by atoms with Crippen LogP contribution in [0.15, 0.2) is 53.7 Å². The molecule has 26 heavy (non-hydrogen) atoms. The standard InChI is InChI=1S/C18H17N7O/c1-2-25-18-16(23-24-25)17(21-11-22-18)20-9-12-3-5-13(6-4-12)14-7-8-15(26)19-10-14/h3-8,10-11H,2,9H2,1H3,(H,19,26)(H,20,21,22). The third-order valence-corrected chi connectivity index (χ3v) is 4.13. The van der Waals surface area contributed by atoms with Gasteiger partial charge in [0.1, 0.15) is 6.33 Å². The van der Waals surface area contributed by atoms with Crippen LogP contribution in [0.4, 0.5) is 5.82 Å². The van der Waals surface area contributed by atoms with Crippen molar-refractivity contribution >= 4 is 17.0 Å². The molecule has 4 aromatic rings. The number of nitrogens with one attached hydrogen (secondary N) is 2. The van der Waals surface area contributed by atoms with Gasteiger partial charge in [0, 0.05) is 25.4 Å². The number of hydrogen-bond donors (Lipinski definition) is 2. The maximum atomic E-state index is 11.2. The first kappa shape index (κ1) is 15.9. The van der Waals surface area contributed by atoms with E-state index in [4.69, 9.17) is 0 Å². The van der Waals surface area contributed by atoms with Crippen molar-refractivity contribution in [3.05, 3.63) is 64.8 Å². The number of aryl methyl sites for hydroxylation is 1. The third kappa shape index (κ3) is 3.04. The first-order chi connectivity index (χ1) is 12.7. The second kappa shape index (κ2) is 6.75. The number of H-pyrrole nitrogens is 1. The van der Waals surface area contributed by atoms with E-state index in [9.17, 15) is 4.79 Å². The van der Waals surface area contributed by atoms with Crippen molar-refractivity contribution in [3.63, 3.8) is 0 Å². The van der Waals surface area contributed by atoms with Gasteiger partial charge in [0.25, 0.3) is 0 Å². The number of fused-ring (bicyclic) bond motifs is 1. The van der Waals surface area contributed by atoms with E-state index in [1.807, 2.05) is 31.2 Å². The molecule has 1 aromatic carbocycles. The summed E-state index contributed by atoms with van der Waals surface area (Å²) in [5.74, 6) is 0.666. The SMILES string of the molecule is CCn1nnc2c(NCc3ccc(-c4ccc(=O)[nH]c4)cc3)ncnc21. The Morgan fingerprint density at radius 1 is 1.08 bits per heavy atom. The van der Waals surface area contributed by atoms with Crippen molar-refractivity contribution in [1.82, 2.24) is 29.9 Å². The average molecular weight is 347 g/mol. The summed E-state index contributed by atoms with van der Waals surface area (Å²) in [6.45, 7) is 3.31. The Balaban J connectivity index is 1.51. The van der Waals surface area contributed by atoms with E-state index in [0.717, 1.165) is 22.3 Å². The number of benzene rings is 1. The summed E-state index contributed by atoms with van der Waals surface area (Å²) >= 11 is 0. The summed E-state index contributed by atoms with van der Waals surface area (Å²) in [4.78, 5) is 22.4. The van der Waals surface area contributed by atoms with E-state index < -0.39 is 0 Å². The highest BCUT2D eigenvalue weighted by molar-refractivity contribution is 5.81. The Hall–Kier alpha value is -3.55. The van der Waals surface area contributed by atoms with Gasteiger partial charge in [-0.15, -0.1) is 5.10 Å². The summed E-state index contributed by atoms with van der Waals surface area (Å²) in [5, 5.41) is 11.5. The van der Waals surface area contributed by atoms with E-state index in [-0.39, 0.29) is 5.56 Å². The zero-order valence-electron chi connectivity index (χ0n) is 14.2. The van der Waals surface area contributed by atoms with Crippen molar-refractivity contribution in [2.45, 2.75) is 20.0 Å². The van der Waals surface area contributed by atoms with Crippen LogP contribution >= 0.6 is 0 Å². The first-order valence-corrected chi connectivity index (χ1v) is 8.30. The van der Waals surface area contributed by atoms with Gasteiger partial charge in [-0.1, -0.05) is 29.5 Å². The smallest absolute Gasteiger partial charge is 0.247 e. The molecule has 0 spiro atoms.